The zero-order valence-corrected chi connectivity index (χ0v) is 20.8. The molecule has 194 valence electrons. The average Bonchev–Trinajstić information content (AvgIpc) is 3.30. The van der Waals surface area contributed by atoms with E-state index < -0.39 is 27.7 Å². The smallest absolute Gasteiger partial charge is 0.243 e. The first kappa shape index (κ1) is 25.8. The fraction of sp³-hybridized carbons (Fsp3) is 0.217. The Bertz CT molecular complexity index is 1470. The summed E-state index contributed by atoms with van der Waals surface area (Å²) in [6.45, 7) is 0. The van der Waals surface area contributed by atoms with Crippen molar-refractivity contribution in [3.63, 3.8) is 0 Å². The van der Waals surface area contributed by atoms with Crippen molar-refractivity contribution in [3.05, 3.63) is 66.2 Å². The third kappa shape index (κ3) is 5.59. The van der Waals surface area contributed by atoms with E-state index in [-0.39, 0.29) is 17.5 Å². The van der Waals surface area contributed by atoms with Crippen molar-refractivity contribution >= 4 is 16.0 Å². The Labute approximate surface area is 211 Å². The predicted molar refractivity (Wildman–Crippen MR) is 131 cm³/mol. The molecule has 1 atom stereocenters. The molecule has 3 aromatic heterocycles. The Morgan fingerprint density at radius 2 is 1.70 bits per heavy atom. The number of ether oxygens (including phenoxy) is 3. The highest BCUT2D eigenvalue weighted by Gasteiger charge is 2.27. The van der Waals surface area contributed by atoms with Crippen LogP contribution >= 0.6 is 0 Å². The van der Waals surface area contributed by atoms with E-state index in [1.807, 2.05) is 0 Å². The number of benzene rings is 1. The lowest BCUT2D eigenvalue weighted by molar-refractivity contribution is 0.196. The Morgan fingerprint density at radius 1 is 1.00 bits per heavy atom. The standard InChI is InChI=1S/C23H23FN6O6S/c1-34-18-7-5-8-19(35-2)21(18)30-22(16-6-4-9-20(26-16)36-3)27-28-23(30)29-37(32,33)13-17(31)15-11-10-14(24)12-25-15/h4-12,17,31H,13H2,1-3H3,(H,28,29)/t17-/m0/s1. The Balaban J connectivity index is 1.80. The molecule has 0 fully saturated rings. The fourth-order valence-electron chi connectivity index (χ4n) is 3.49. The summed E-state index contributed by atoms with van der Waals surface area (Å²) in [7, 11) is 0.125. The number of halogens is 1. The van der Waals surface area contributed by atoms with Gasteiger partial charge in [-0.15, -0.1) is 10.2 Å². The van der Waals surface area contributed by atoms with Gasteiger partial charge < -0.3 is 19.3 Å². The summed E-state index contributed by atoms with van der Waals surface area (Å²) >= 11 is 0. The van der Waals surface area contributed by atoms with E-state index in [2.05, 4.69) is 24.9 Å². The molecule has 37 heavy (non-hydrogen) atoms. The van der Waals surface area contributed by atoms with Crippen LogP contribution in [0.15, 0.2) is 54.7 Å². The lowest BCUT2D eigenvalue weighted by atomic mass is 10.2. The number of nitrogens with zero attached hydrogens (tertiary/aromatic N) is 5. The van der Waals surface area contributed by atoms with Crippen LogP contribution in [0.5, 0.6) is 17.4 Å². The van der Waals surface area contributed by atoms with Gasteiger partial charge in [-0.1, -0.05) is 12.1 Å². The van der Waals surface area contributed by atoms with Crippen molar-refractivity contribution in [2.45, 2.75) is 6.10 Å². The predicted octanol–water partition coefficient (Wildman–Crippen LogP) is 2.36. The number of aliphatic hydroxyl groups is 1. The maximum absolute atomic E-state index is 13.2. The Morgan fingerprint density at radius 3 is 2.32 bits per heavy atom. The van der Waals surface area contributed by atoms with Crippen LogP contribution in [0.2, 0.25) is 0 Å². The number of nitrogens with one attached hydrogen (secondary N) is 1. The quantitative estimate of drug-likeness (QED) is 0.313. The lowest BCUT2D eigenvalue weighted by Gasteiger charge is -2.18. The highest BCUT2D eigenvalue weighted by Crippen LogP contribution is 2.37. The van der Waals surface area contributed by atoms with Gasteiger partial charge >= 0.3 is 0 Å². The van der Waals surface area contributed by atoms with Crippen molar-refractivity contribution in [3.8, 4) is 34.6 Å². The molecule has 0 spiro atoms. The van der Waals surface area contributed by atoms with E-state index in [9.17, 15) is 17.9 Å². The van der Waals surface area contributed by atoms with Crippen molar-refractivity contribution < 1.29 is 32.1 Å². The molecule has 3 heterocycles. The number of aromatic nitrogens is 5. The number of sulfonamides is 1. The molecule has 14 heteroatoms. The fourth-order valence-corrected chi connectivity index (χ4v) is 4.57. The molecule has 0 aliphatic carbocycles. The number of rotatable bonds is 10. The van der Waals surface area contributed by atoms with Gasteiger partial charge in [0.1, 0.15) is 40.6 Å². The van der Waals surface area contributed by atoms with Crippen molar-refractivity contribution in [1.29, 1.82) is 0 Å². The van der Waals surface area contributed by atoms with E-state index in [0.717, 1.165) is 12.3 Å². The highest BCUT2D eigenvalue weighted by molar-refractivity contribution is 7.92. The molecule has 0 aliphatic rings. The molecule has 0 amide bonds. The molecule has 0 radical (unpaired) electrons. The van der Waals surface area contributed by atoms with Crippen molar-refractivity contribution in [2.24, 2.45) is 0 Å². The van der Waals surface area contributed by atoms with Crippen LogP contribution in [0.25, 0.3) is 17.2 Å². The van der Waals surface area contributed by atoms with Crippen LogP contribution < -0.4 is 18.9 Å². The highest BCUT2D eigenvalue weighted by atomic mass is 32.2. The van der Waals surface area contributed by atoms with Gasteiger partial charge in [-0.3, -0.25) is 14.3 Å². The first-order valence-corrected chi connectivity index (χ1v) is 12.4. The van der Waals surface area contributed by atoms with Crippen LogP contribution in [-0.2, 0) is 10.0 Å². The molecule has 0 saturated heterocycles. The molecule has 4 aromatic rings. The topological polar surface area (TPSA) is 151 Å². The Hall–Kier alpha value is -4.30. The second-order valence-corrected chi connectivity index (χ2v) is 9.33. The van der Waals surface area contributed by atoms with Gasteiger partial charge in [-0.25, -0.2) is 17.8 Å². The van der Waals surface area contributed by atoms with Gasteiger partial charge in [0.25, 0.3) is 0 Å². The Kier molecular flexibility index (Phi) is 7.50. The minimum atomic E-state index is -4.23. The molecular formula is C23H23FN6O6S. The van der Waals surface area contributed by atoms with Crippen LogP contribution in [0.1, 0.15) is 11.8 Å². The van der Waals surface area contributed by atoms with Crippen LogP contribution in [-0.4, -0.2) is 65.3 Å². The SMILES string of the molecule is COc1cccc(-c2nnc(NS(=O)(=O)C[C@H](O)c3ccc(F)cn3)n2-c2c(OC)cccc2OC)n1. The van der Waals surface area contributed by atoms with Gasteiger partial charge in [0, 0.05) is 6.07 Å². The molecule has 12 nitrogen and oxygen atoms in total. The van der Waals surface area contributed by atoms with Gasteiger partial charge in [-0.05, 0) is 30.3 Å². The van der Waals surface area contributed by atoms with Gasteiger partial charge in [0.2, 0.25) is 21.9 Å². The second kappa shape index (κ2) is 10.8. The first-order valence-electron chi connectivity index (χ1n) is 10.7. The molecule has 0 unspecified atom stereocenters. The van der Waals surface area contributed by atoms with E-state index in [4.69, 9.17) is 14.2 Å². The molecule has 0 saturated carbocycles. The third-order valence-corrected chi connectivity index (χ3v) is 6.41. The second-order valence-electron chi connectivity index (χ2n) is 7.56. The zero-order valence-electron chi connectivity index (χ0n) is 20.0. The lowest BCUT2D eigenvalue weighted by Crippen LogP contribution is -2.24. The average molecular weight is 531 g/mol. The number of anilines is 1. The normalized spacial score (nSPS) is 12.1. The molecule has 0 aliphatic heterocycles. The molecule has 4 rings (SSSR count). The summed E-state index contributed by atoms with van der Waals surface area (Å²) in [4.78, 5) is 8.12. The minimum Gasteiger partial charge on any atom is -0.494 e. The zero-order chi connectivity index (χ0) is 26.6. The van der Waals surface area contributed by atoms with E-state index >= 15 is 0 Å². The van der Waals surface area contributed by atoms with Gasteiger partial charge in [0.15, 0.2) is 5.82 Å². The number of hydrogen-bond donors (Lipinski definition) is 2. The van der Waals surface area contributed by atoms with Crippen molar-refractivity contribution in [2.75, 3.05) is 31.8 Å². The molecule has 1 aromatic carbocycles. The van der Waals surface area contributed by atoms with E-state index in [1.165, 1.54) is 32.0 Å². The maximum atomic E-state index is 13.2. The summed E-state index contributed by atoms with van der Waals surface area (Å²) in [5.41, 5.74) is 0.609. The van der Waals surface area contributed by atoms with E-state index in [1.54, 1.807) is 36.4 Å². The van der Waals surface area contributed by atoms with Crippen LogP contribution in [0.3, 0.4) is 0 Å². The summed E-state index contributed by atoms with van der Waals surface area (Å²) in [6.07, 6.45) is -0.647. The van der Waals surface area contributed by atoms with Crippen LogP contribution in [0.4, 0.5) is 10.3 Å². The third-order valence-electron chi connectivity index (χ3n) is 5.17. The number of aliphatic hydroxyl groups excluding tert-OH is 1. The first-order chi connectivity index (χ1) is 17.8. The summed E-state index contributed by atoms with van der Waals surface area (Å²) < 4.78 is 59.2. The number of hydrogen-bond acceptors (Lipinski definition) is 10. The number of pyridine rings is 2. The van der Waals surface area contributed by atoms with Crippen molar-refractivity contribution in [1.82, 2.24) is 24.7 Å². The minimum absolute atomic E-state index is 0.0130. The monoisotopic (exact) mass is 530 g/mol. The maximum Gasteiger partial charge on any atom is 0.243 e. The van der Waals surface area contributed by atoms with Gasteiger partial charge in [-0.2, -0.15) is 0 Å². The van der Waals surface area contributed by atoms with Gasteiger partial charge in [0.05, 0.1) is 33.2 Å². The summed E-state index contributed by atoms with van der Waals surface area (Å²) in [5, 5.41) is 18.6. The largest absolute Gasteiger partial charge is 0.494 e. The van der Waals surface area contributed by atoms with Crippen LogP contribution in [0, 0.1) is 5.82 Å². The van der Waals surface area contributed by atoms with E-state index in [0.29, 0.717) is 28.8 Å². The number of para-hydroxylation sites is 1. The summed E-state index contributed by atoms with van der Waals surface area (Å²) in [6, 6.07) is 12.3. The molecule has 0 bridgehead atoms. The molecule has 2 N–H and O–H groups in total. The molecular weight excluding hydrogens is 507 g/mol. The summed E-state index contributed by atoms with van der Waals surface area (Å²) in [5.74, 6) is -0.500. The number of methoxy groups -OCH3 is 3.